The zero-order chi connectivity index (χ0) is 30.0. The van der Waals surface area contributed by atoms with E-state index in [4.69, 9.17) is 10.5 Å². The van der Waals surface area contributed by atoms with Gasteiger partial charge in [0.2, 0.25) is 5.91 Å². The van der Waals surface area contributed by atoms with Crippen LogP contribution in [0.15, 0.2) is 42.5 Å². The van der Waals surface area contributed by atoms with Gasteiger partial charge in [-0.15, -0.1) is 0 Å². The third kappa shape index (κ3) is 4.03. The summed E-state index contributed by atoms with van der Waals surface area (Å²) in [5.74, 6) is -12.7. The number of ketones is 4. The van der Waals surface area contributed by atoms with Crippen LogP contribution in [0, 0.1) is 23.7 Å². The Hall–Kier alpha value is -4.19. The fraction of sp³-hybridized carbons (Fsp3) is 0.367. The Morgan fingerprint density at radius 3 is 2.32 bits per heavy atom. The number of hydrogen-bond donors (Lipinski definition) is 4. The van der Waals surface area contributed by atoms with Crippen molar-refractivity contribution in [2.24, 2.45) is 29.4 Å². The van der Waals surface area contributed by atoms with Crippen LogP contribution in [0.25, 0.3) is 11.6 Å². The van der Waals surface area contributed by atoms with E-state index in [1.54, 1.807) is 36.4 Å². The minimum Gasteiger partial charge on any atom is -0.507 e. The predicted molar refractivity (Wildman–Crippen MR) is 145 cm³/mol. The molecule has 0 aliphatic heterocycles. The molecular weight excluding hydrogens is 532 g/mol. The highest BCUT2D eigenvalue weighted by molar-refractivity contribution is 6.33. The number of rotatable bonds is 5. The van der Waals surface area contributed by atoms with E-state index in [2.05, 4.69) is 0 Å². The first-order chi connectivity index (χ1) is 19.4. The van der Waals surface area contributed by atoms with Crippen LogP contribution in [-0.2, 0) is 19.2 Å². The van der Waals surface area contributed by atoms with E-state index in [1.165, 1.54) is 31.1 Å². The Kier molecular flexibility index (Phi) is 6.93. The number of Topliss-reactive ketones (excluding diaryl/α,β-unsaturated/α-hetero) is 4. The SMILES string of the molecule is CCOc1ccc(/C=C2\c3cccc(O)c3C(=O)C3C(=O)[C@]4(O)C(=O)C(C(N)=O)C(=O)[C@@H](N(C)C)[C@@H]4[C@@H](O)[C@H]23)cc1. The molecule has 2 aromatic carbocycles. The summed E-state index contributed by atoms with van der Waals surface area (Å²) < 4.78 is 5.49. The van der Waals surface area contributed by atoms with E-state index in [0.717, 1.165) is 0 Å². The summed E-state index contributed by atoms with van der Waals surface area (Å²) in [5.41, 5.74) is 3.24. The van der Waals surface area contributed by atoms with Crippen molar-refractivity contribution in [2.45, 2.75) is 24.7 Å². The van der Waals surface area contributed by atoms with Crippen molar-refractivity contribution < 1.29 is 44.0 Å². The molecule has 214 valence electrons. The van der Waals surface area contributed by atoms with Crippen LogP contribution in [0.3, 0.4) is 0 Å². The lowest BCUT2D eigenvalue weighted by Gasteiger charge is -2.55. The van der Waals surface area contributed by atoms with Crippen molar-refractivity contribution in [1.29, 1.82) is 0 Å². The number of amides is 1. The van der Waals surface area contributed by atoms with Crippen molar-refractivity contribution in [3.8, 4) is 11.5 Å². The lowest BCUT2D eigenvalue weighted by Crippen LogP contribution is -2.77. The van der Waals surface area contributed by atoms with Crippen molar-refractivity contribution >= 4 is 40.7 Å². The maximum atomic E-state index is 14.2. The molecule has 3 aliphatic carbocycles. The van der Waals surface area contributed by atoms with Gasteiger partial charge in [-0.3, -0.25) is 28.9 Å². The lowest BCUT2D eigenvalue weighted by atomic mass is 9.50. The van der Waals surface area contributed by atoms with Gasteiger partial charge < -0.3 is 25.8 Å². The molecule has 0 aromatic heterocycles. The standard InChI is InChI=1S/C30H30N2O9/c1-4-41-14-10-8-13(9-11-14)12-16-15-6-5-7-17(33)18(15)24(34)20-19(16)25(35)22-23(32(2)3)26(36)21(29(31)39)28(38)30(22,40)27(20)37/h5-12,19-23,25,33,35,40H,4H2,1-3H3,(H2,31,39)/b16-12+/t19-,20?,21?,22-,23+,25+,30+/m1/s1. The Balaban J connectivity index is 1.76. The number of likely N-dealkylation sites (N-methyl/N-ethyl adjacent to an activating group) is 1. The molecule has 11 nitrogen and oxygen atoms in total. The van der Waals surface area contributed by atoms with Gasteiger partial charge in [-0.05, 0) is 55.9 Å². The van der Waals surface area contributed by atoms with Gasteiger partial charge in [-0.1, -0.05) is 30.3 Å². The summed E-state index contributed by atoms with van der Waals surface area (Å²) in [6.07, 6.45) is -0.132. The third-order valence-corrected chi connectivity index (χ3v) is 8.39. The van der Waals surface area contributed by atoms with Crippen molar-refractivity contribution in [1.82, 2.24) is 4.90 Å². The van der Waals surface area contributed by atoms with Gasteiger partial charge in [0.05, 0.1) is 36.2 Å². The minimum absolute atomic E-state index is 0.205. The Labute approximate surface area is 235 Å². The van der Waals surface area contributed by atoms with Crippen molar-refractivity contribution in [2.75, 3.05) is 20.7 Å². The molecule has 2 unspecified atom stereocenters. The van der Waals surface area contributed by atoms with Gasteiger partial charge in [-0.2, -0.15) is 0 Å². The zero-order valence-corrected chi connectivity index (χ0v) is 22.6. The molecule has 7 atom stereocenters. The number of aliphatic hydroxyl groups is 2. The highest BCUT2D eigenvalue weighted by Gasteiger charge is 2.72. The fourth-order valence-electron chi connectivity index (χ4n) is 6.68. The number of benzene rings is 2. The molecule has 2 saturated carbocycles. The molecule has 11 heteroatoms. The van der Waals surface area contributed by atoms with Gasteiger partial charge in [-0.25, -0.2) is 0 Å². The first kappa shape index (κ1) is 28.3. The Morgan fingerprint density at radius 1 is 1.07 bits per heavy atom. The summed E-state index contributed by atoms with van der Waals surface area (Å²) in [6, 6.07) is 9.78. The molecule has 5 rings (SSSR count). The summed E-state index contributed by atoms with van der Waals surface area (Å²) in [7, 11) is 2.88. The quantitative estimate of drug-likeness (QED) is 0.368. The molecule has 0 heterocycles. The van der Waals surface area contributed by atoms with Crippen LogP contribution in [0.5, 0.6) is 11.5 Å². The molecule has 3 aliphatic rings. The van der Waals surface area contributed by atoms with Crippen LogP contribution >= 0.6 is 0 Å². The second-order valence-corrected chi connectivity index (χ2v) is 10.8. The van der Waals surface area contributed by atoms with Crippen LogP contribution in [0.2, 0.25) is 0 Å². The summed E-state index contributed by atoms with van der Waals surface area (Å²) >= 11 is 0. The number of aromatic hydroxyl groups is 1. The first-order valence-electron chi connectivity index (χ1n) is 13.2. The van der Waals surface area contributed by atoms with Gasteiger partial charge in [0.15, 0.2) is 34.7 Å². The lowest BCUT2D eigenvalue weighted by molar-refractivity contribution is -0.192. The molecular formula is C30H30N2O9. The number of nitrogens with zero attached hydrogens (tertiary/aromatic N) is 1. The second kappa shape index (κ2) is 10.0. The molecule has 0 bridgehead atoms. The van der Waals surface area contributed by atoms with Crippen molar-refractivity contribution in [3.63, 3.8) is 0 Å². The van der Waals surface area contributed by atoms with Crippen molar-refractivity contribution in [3.05, 3.63) is 59.2 Å². The molecule has 41 heavy (non-hydrogen) atoms. The molecule has 5 N–H and O–H groups in total. The van der Waals surface area contributed by atoms with Gasteiger partial charge in [0.1, 0.15) is 11.5 Å². The number of fused-ring (bicyclic) bond motifs is 3. The highest BCUT2D eigenvalue weighted by Crippen LogP contribution is 2.54. The van der Waals surface area contributed by atoms with E-state index >= 15 is 0 Å². The number of phenols is 1. The number of nitrogens with two attached hydrogens (primary N) is 1. The van der Waals surface area contributed by atoms with Crippen LogP contribution in [0.1, 0.15) is 28.4 Å². The third-order valence-electron chi connectivity index (χ3n) is 8.39. The van der Waals surface area contributed by atoms with E-state index in [1.807, 2.05) is 6.92 Å². The predicted octanol–water partition coefficient (Wildman–Crippen LogP) is 0.235. The number of primary amides is 1. The maximum Gasteiger partial charge on any atom is 0.235 e. The zero-order valence-electron chi connectivity index (χ0n) is 22.6. The van der Waals surface area contributed by atoms with Gasteiger partial charge in [0.25, 0.3) is 0 Å². The van der Waals surface area contributed by atoms with Crippen LogP contribution in [-0.4, -0.2) is 87.7 Å². The van der Waals surface area contributed by atoms with E-state index in [0.29, 0.717) is 23.5 Å². The van der Waals surface area contributed by atoms with Gasteiger partial charge in [0, 0.05) is 5.92 Å². The molecule has 0 radical (unpaired) electrons. The number of phenolic OH excluding ortho intramolecular Hbond substituents is 1. The molecule has 2 fully saturated rings. The molecule has 1 amide bonds. The Morgan fingerprint density at radius 2 is 1.73 bits per heavy atom. The van der Waals surface area contributed by atoms with Crippen LogP contribution in [0.4, 0.5) is 0 Å². The molecule has 0 spiro atoms. The topological polar surface area (TPSA) is 185 Å². The highest BCUT2D eigenvalue weighted by atomic mass is 16.5. The number of aliphatic hydroxyl groups excluding tert-OH is 1. The van der Waals surface area contributed by atoms with Crippen LogP contribution < -0.4 is 10.5 Å². The fourth-order valence-corrected chi connectivity index (χ4v) is 6.68. The molecule has 2 aromatic rings. The summed E-state index contributed by atoms with van der Waals surface area (Å²) in [4.78, 5) is 68.3. The number of carbonyl (C=O) groups is 5. The van der Waals surface area contributed by atoms with Gasteiger partial charge >= 0.3 is 0 Å². The maximum absolute atomic E-state index is 14.2. The Bertz CT molecular complexity index is 1510. The first-order valence-corrected chi connectivity index (χ1v) is 13.2. The number of hydrogen-bond acceptors (Lipinski definition) is 10. The largest absolute Gasteiger partial charge is 0.507 e. The summed E-state index contributed by atoms with van der Waals surface area (Å²) in [5, 5.41) is 34.4. The van der Waals surface area contributed by atoms with E-state index in [9.17, 15) is 39.3 Å². The normalized spacial score (nSPS) is 32.0. The van der Waals surface area contributed by atoms with E-state index in [-0.39, 0.29) is 11.1 Å². The second-order valence-electron chi connectivity index (χ2n) is 10.8. The molecule has 0 saturated heterocycles. The van der Waals surface area contributed by atoms with E-state index < -0.39 is 76.2 Å². The average molecular weight is 563 g/mol. The summed E-state index contributed by atoms with van der Waals surface area (Å²) in [6.45, 7) is 2.30. The number of carbonyl (C=O) groups excluding carboxylic acids is 5. The smallest absolute Gasteiger partial charge is 0.235 e. The number of ether oxygens (including phenoxy) is 1. The minimum atomic E-state index is -3.06. The average Bonchev–Trinajstić information content (AvgIpc) is 2.91. The monoisotopic (exact) mass is 562 g/mol.